The first-order chi connectivity index (χ1) is 18.0. The second-order valence-electron chi connectivity index (χ2n) is 10.1. The minimum absolute atomic E-state index is 0.287. The number of imidazole rings is 1. The Balaban J connectivity index is 1.17. The van der Waals surface area contributed by atoms with Gasteiger partial charge in [0.2, 0.25) is 0 Å². The van der Waals surface area contributed by atoms with Crippen LogP contribution in [-0.2, 0) is 4.79 Å². The summed E-state index contributed by atoms with van der Waals surface area (Å²) >= 11 is 0. The molecule has 0 radical (unpaired) electrons. The zero-order chi connectivity index (χ0) is 25.4. The number of nitrogens with zero attached hydrogens (tertiary/aromatic N) is 4. The van der Waals surface area contributed by atoms with E-state index in [0.717, 1.165) is 66.4 Å². The van der Waals surface area contributed by atoms with Crippen LogP contribution in [0.4, 0.5) is 4.39 Å². The van der Waals surface area contributed by atoms with Crippen molar-refractivity contribution in [3.05, 3.63) is 78.2 Å². The number of hydrogen-bond acceptors (Lipinski definition) is 4. The number of rotatable bonds is 6. The number of aromatic amines is 1. The first-order valence-corrected chi connectivity index (χ1v) is 12.8. The molecule has 2 heterocycles. The molecular weight excluding hydrogens is 469 g/mol. The van der Waals surface area contributed by atoms with E-state index in [9.17, 15) is 4.79 Å². The van der Waals surface area contributed by atoms with Crippen LogP contribution in [0.2, 0.25) is 0 Å². The van der Waals surface area contributed by atoms with E-state index in [0.29, 0.717) is 23.2 Å². The zero-order valence-electron chi connectivity index (χ0n) is 20.4. The van der Waals surface area contributed by atoms with E-state index in [-0.39, 0.29) is 12.2 Å². The lowest BCUT2D eigenvalue weighted by molar-refractivity contribution is -0.138. The van der Waals surface area contributed by atoms with Crippen molar-refractivity contribution in [1.29, 1.82) is 0 Å². The van der Waals surface area contributed by atoms with Crippen molar-refractivity contribution in [2.45, 2.75) is 44.9 Å². The molecule has 2 aliphatic rings. The third-order valence-corrected chi connectivity index (χ3v) is 7.76. The van der Waals surface area contributed by atoms with Gasteiger partial charge < -0.3 is 10.1 Å². The maximum Gasteiger partial charge on any atom is 0.303 e. The molecule has 7 nitrogen and oxygen atoms in total. The van der Waals surface area contributed by atoms with Crippen LogP contribution in [0.1, 0.15) is 50.5 Å². The Morgan fingerprint density at radius 1 is 1.08 bits per heavy atom. The summed E-state index contributed by atoms with van der Waals surface area (Å²) in [5, 5.41) is 13.2. The molecule has 2 N–H and O–H groups in total. The number of allylic oxidation sites excluding steroid dienone is 4. The summed E-state index contributed by atoms with van der Waals surface area (Å²) < 4.78 is 16.9. The van der Waals surface area contributed by atoms with Gasteiger partial charge in [-0.2, -0.15) is 5.10 Å². The number of halogens is 1. The average molecular weight is 498 g/mol. The molecule has 2 aromatic carbocycles. The van der Waals surface area contributed by atoms with Gasteiger partial charge in [0.15, 0.2) is 0 Å². The fraction of sp³-hybridized carbons (Fsp3) is 0.310. The summed E-state index contributed by atoms with van der Waals surface area (Å²) in [5.41, 5.74) is 6.32. The number of aliphatic carboxylic acids is 1. The van der Waals surface area contributed by atoms with Gasteiger partial charge in [-0.3, -0.25) is 4.79 Å². The molecule has 2 aromatic heterocycles. The number of benzene rings is 2. The van der Waals surface area contributed by atoms with Crippen molar-refractivity contribution >= 4 is 22.6 Å². The fourth-order valence-corrected chi connectivity index (χ4v) is 5.73. The molecule has 4 aromatic rings. The molecule has 0 spiro atoms. The second kappa shape index (κ2) is 9.76. The molecule has 1 saturated carbocycles. The minimum atomic E-state index is -0.691. The smallest absolute Gasteiger partial charge is 0.303 e. The molecule has 6 rings (SSSR count). The highest BCUT2D eigenvalue weighted by Crippen LogP contribution is 2.39. The Hall–Kier alpha value is -4.07. The Labute approximate surface area is 213 Å². The summed E-state index contributed by atoms with van der Waals surface area (Å²) in [6.45, 7) is 0. The molecular formula is C29H28FN5O2. The van der Waals surface area contributed by atoms with E-state index < -0.39 is 5.97 Å². The van der Waals surface area contributed by atoms with E-state index in [1.165, 1.54) is 11.9 Å². The molecule has 0 bridgehead atoms. The van der Waals surface area contributed by atoms with Crippen molar-refractivity contribution in [3.8, 4) is 17.1 Å². The summed E-state index contributed by atoms with van der Waals surface area (Å²) in [6, 6.07) is 11.1. The molecule has 2 aliphatic carbocycles. The molecule has 0 amide bonds. The number of fused-ring (bicyclic) bond motifs is 1. The monoisotopic (exact) mass is 497 g/mol. The van der Waals surface area contributed by atoms with E-state index in [1.54, 1.807) is 23.1 Å². The van der Waals surface area contributed by atoms with E-state index in [2.05, 4.69) is 32.2 Å². The highest BCUT2D eigenvalue weighted by atomic mass is 19.1. The third-order valence-electron chi connectivity index (χ3n) is 7.76. The van der Waals surface area contributed by atoms with Gasteiger partial charge in [0.25, 0.3) is 0 Å². The molecule has 0 atom stereocenters. The summed E-state index contributed by atoms with van der Waals surface area (Å²) in [5.74, 6) is 0.352. The number of hydrogen-bond donors (Lipinski definition) is 2. The van der Waals surface area contributed by atoms with Crippen LogP contribution in [0.25, 0.3) is 33.7 Å². The van der Waals surface area contributed by atoms with Crippen LogP contribution < -0.4 is 0 Å². The predicted molar refractivity (Wildman–Crippen MR) is 139 cm³/mol. The lowest BCUT2D eigenvalue weighted by Gasteiger charge is -2.30. The number of carbonyl (C=O) groups is 1. The van der Waals surface area contributed by atoms with Crippen molar-refractivity contribution in [2.75, 3.05) is 0 Å². The van der Waals surface area contributed by atoms with Gasteiger partial charge >= 0.3 is 5.97 Å². The molecule has 0 unspecified atom stereocenters. The quantitative estimate of drug-likeness (QED) is 0.324. The van der Waals surface area contributed by atoms with Crippen LogP contribution >= 0.6 is 0 Å². The largest absolute Gasteiger partial charge is 0.481 e. The molecule has 188 valence electrons. The maximum absolute atomic E-state index is 15.2. The predicted octanol–water partition coefficient (Wildman–Crippen LogP) is 6.33. The Kier molecular flexibility index (Phi) is 6.16. The third kappa shape index (κ3) is 4.83. The number of nitrogens with one attached hydrogen (secondary N) is 1. The second-order valence-corrected chi connectivity index (χ2v) is 10.1. The van der Waals surface area contributed by atoms with Crippen LogP contribution in [-0.4, -0.2) is 35.8 Å². The topological polar surface area (TPSA) is 96.7 Å². The Bertz CT molecular complexity index is 1510. The number of aromatic nitrogens is 5. The van der Waals surface area contributed by atoms with E-state index >= 15 is 4.39 Å². The lowest BCUT2D eigenvalue weighted by Crippen LogP contribution is -2.19. The normalized spacial score (nSPS) is 20.0. The number of carboxylic acids is 1. The van der Waals surface area contributed by atoms with Crippen molar-refractivity contribution in [1.82, 2.24) is 24.7 Å². The van der Waals surface area contributed by atoms with Gasteiger partial charge in [-0.05, 0) is 91.8 Å². The molecule has 1 fully saturated rings. The first-order valence-electron chi connectivity index (χ1n) is 12.8. The van der Waals surface area contributed by atoms with Crippen molar-refractivity contribution in [2.24, 2.45) is 11.8 Å². The fourth-order valence-electron chi connectivity index (χ4n) is 5.73. The zero-order valence-corrected chi connectivity index (χ0v) is 20.4. The van der Waals surface area contributed by atoms with Gasteiger partial charge in [0.1, 0.15) is 24.3 Å². The molecule has 0 aliphatic heterocycles. The van der Waals surface area contributed by atoms with Crippen molar-refractivity contribution < 1.29 is 14.3 Å². The first kappa shape index (κ1) is 23.3. The lowest BCUT2D eigenvalue weighted by atomic mass is 9.75. The maximum atomic E-state index is 15.2. The average Bonchev–Trinajstić information content (AvgIpc) is 3.59. The van der Waals surface area contributed by atoms with Gasteiger partial charge in [-0.25, -0.2) is 19.0 Å². The van der Waals surface area contributed by atoms with Gasteiger partial charge in [0, 0.05) is 6.42 Å². The Morgan fingerprint density at radius 2 is 1.95 bits per heavy atom. The summed E-state index contributed by atoms with van der Waals surface area (Å²) in [4.78, 5) is 22.8. The van der Waals surface area contributed by atoms with Gasteiger partial charge in [0.05, 0.1) is 22.3 Å². The van der Waals surface area contributed by atoms with Crippen LogP contribution in [0.15, 0.2) is 66.8 Å². The van der Waals surface area contributed by atoms with Crippen LogP contribution in [0.3, 0.4) is 0 Å². The summed E-state index contributed by atoms with van der Waals surface area (Å²) in [7, 11) is 0. The molecule has 37 heavy (non-hydrogen) atoms. The number of H-pyrrole nitrogens is 1. The minimum Gasteiger partial charge on any atom is -0.481 e. The van der Waals surface area contributed by atoms with Gasteiger partial charge in [-0.1, -0.05) is 23.8 Å². The SMILES string of the molecule is O=C(O)CC1CCC(C2=CC=C(c3ccc(-c4nc5ccc(-n6cncn6)cc5[nH]4)c(F)c3)CC2)CC1. The molecule has 8 heteroatoms. The van der Waals surface area contributed by atoms with Crippen molar-refractivity contribution in [3.63, 3.8) is 0 Å². The van der Waals surface area contributed by atoms with Gasteiger partial charge in [-0.15, -0.1) is 0 Å². The summed E-state index contributed by atoms with van der Waals surface area (Å²) in [6.07, 6.45) is 13.7. The van der Waals surface area contributed by atoms with E-state index in [4.69, 9.17) is 5.11 Å². The molecule has 0 saturated heterocycles. The van der Waals surface area contributed by atoms with E-state index in [1.807, 2.05) is 24.3 Å². The standard InChI is InChI=1S/C29H28FN5O2/c30-25-14-22(21-7-5-20(6-8-21)19-3-1-18(2-4-19)13-28(36)37)9-11-24(25)29-33-26-12-10-23(15-27(26)34-29)35-17-31-16-32-35/h5,7,9-12,14-19H,1-4,6,8,13H2,(H,33,34)(H,36,37). The van der Waals surface area contributed by atoms with Crippen LogP contribution in [0, 0.1) is 17.7 Å². The highest BCUT2D eigenvalue weighted by molar-refractivity contribution is 5.82. The highest BCUT2D eigenvalue weighted by Gasteiger charge is 2.26. The number of carboxylic acid groups (broad SMARTS) is 1. The van der Waals surface area contributed by atoms with Crippen LogP contribution in [0.5, 0.6) is 0 Å². The Morgan fingerprint density at radius 3 is 2.65 bits per heavy atom.